The van der Waals surface area contributed by atoms with E-state index in [9.17, 15) is 13.6 Å². The van der Waals surface area contributed by atoms with E-state index in [-0.39, 0.29) is 29.7 Å². The molecular formula is C24H36F2N8O. The van der Waals surface area contributed by atoms with Gasteiger partial charge in [-0.25, -0.2) is 23.5 Å². The van der Waals surface area contributed by atoms with Crippen LogP contribution >= 0.6 is 0 Å². The average Bonchev–Trinajstić information content (AvgIpc) is 3.10. The van der Waals surface area contributed by atoms with Crippen LogP contribution in [0.15, 0.2) is 18.5 Å². The lowest BCUT2D eigenvalue weighted by Crippen LogP contribution is -2.62. The number of aromatic nitrogens is 4. The molecule has 2 atom stereocenters. The summed E-state index contributed by atoms with van der Waals surface area (Å²) < 4.78 is 28.9. The Labute approximate surface area is 205 Å². The summed E-state index contributed by atoms with van der Waals surface area (Å²) in [6.07, 6.45) is 4.18. The molecule has 2 aromatic rings. The molecule has 2 amide bonds. The Morgan fingerprint density at radius 3 is 2.26 bits per heavy atom. The zero-order valence-electron chi connectivity index (χ0n) is 21.2. The number of anilines is 1. The first-order valence-corrected chi connectivity index (χ1v) is 12.3. The number of piperazine rings is 1. The second-order valence-corrected chi connectivity index (χ2v) is 10.1. The Kier molecular flexibility index (Phi) is 7.25. The van der Waals surface area contributed by atoms with Crippen molar-refractivity contribution in [3.8, 4) is 0 Å². The summed E-state index contributed by atoms with van der Waals surface area (Å²) in [5, 5.41) is 7.66. The molecule has 0 radical (unpaired) electrons. The van der Waals surface area contributed by atoms with E-state index in [1.165, 1.54) is 18.1 Å². The molecule has 0 aliphatic carbocycles. The second-order valence-electron chi connectivity index (χ2n) is 10.1. The van der Waals surface area contributed by atoms with Gasteiger partial charge < -0.3 is 15.1 Å². The zero-order chi connectivity index (χ0) is 25.3. The number of hydrogen-bond acceptors (Lipinski definition) is 6. The van der Waals surface area contributed by atoms with Crippen molar-refractivity contribution >= 4 is 12.0 Å². The molecule has 4 rings (SSSR count). The van der Waals surface area contributed by atoms with Crippen LogP contribution in [0.4, 0.5) is 19.5 Å². The highest BCUT2D eigenvalue weighted by atomic mass is 19.3. The molecule has 0 saturated carbocycles. The van der Waals surface area contributed by atoms with Crippen molar-refractivity contribution in [1.82, 2.24) is 34.9 Å². The van der Waals surface area contributed by atoms with E-state index in [4.69, 9.17) is 0 Å². The number of alkyl halides is 2. The van der Waals surface area contributed by atoms with E-state index in [0.717, 1.165) is 45.1 Å². The molecule has 2 fully saturated rings. The Balaban J connectivity index is 1.28. The van der Waals surface area contributed by atoms with E-state index < -0.39 is 5.92 Å². The van der Waals surface area contributed by atoms with Gasteiger partial charge in [0.15, 0.2) is 0 Å². The summed E-state index contributed by atoms with van der Waals surface area (Å²) in [6.45, 7) is 10.6. The molecule has 2 aromatic heterocycles. The van der Waals surface area contributed by atoms with Crippen LogP contribution in [0.25, 0.3) is 0 Å². The summed E-state index contributed by atoms with van der Waals surface area (Å²) >= 11 is 0. The third kappa shape index (κ3) is 5.88. The van der Waals surface area contributed by atoms with Gasteiger partial charge in [-0.2, -0.15) is 5.10 Å². The van der Waals surface area contributed by atoms with Crippen LogP contribution in [0.2, 0.25) is 0 Å². The van der Waals surface area contributed by atoms with Crippen LogP contribution in [0, 0.1) is 6.92 Å². The highest BCUT2D eigenvalue weighted by Crippen LogP contribution is 2.27. The molecule has 35 heavy (non-hydrogen) atoms. The number of piperidine rings is 1. The van der Waals surface area contributed by atoms with E-state index in [1.807, 2.05) is 42.3 Å². The third-order valence-corrected chi connectivity index (χ3v) is 6.98. The lowest BCUT2D eigenvalue weighted by molar-refractivity contribution is 0.0167. The highest BCUT2D eigenvalue weighted by Gasteiger charge is 2.35. The number of urea groups is 1. The van der Waals surface area contributed by atoms with Gasteiger partial charge in [-0.05, 0) is 39.7 Å². The van der Waals surface area contributed by atoms with Crippen molar-refractivity contribution in [2.24, 2.45) is 7.05 Å². The van der Waals surface area contributed by atoms with Gasteiger partial charge in [0, 0.05) is 77.2 Å². The second kappa shape index (κ2) is 10.0. The van der Waals surface area contributed by atoms with Crippen LogP contribution in [-0.2, 0) is 19.5 Å². The van der Waals surface area contributed by atoms with Crippen molar-refractivity contribution in [2.45, 2.75) is 71.1 Å². The minimum atomic E-state index is -2.97. The van der Waals surface area contributed by atoms with E-state index in [0.29, 0.717) is 19.0 Å². The maximum Gasteiger partial charge on any atom is 0.318 e. The number of aryl methyl sites for hydroxylation is 2. The number of carbonyl (C=O) groups excluding carboxylic acids is 1. The van der Waals surface area contributed by atoms with Gasteiger partial charge in [-0.3, -0.25) is 9.58 Å². The van der Waals surface area contributed by atoms with Crippen LogP contribution in [-0.4, -0.2) is 79.9 Å². The number of carbonyl (C=O) groups is 1. The standard InChI is InChI=1S/C24H36F2N8O/c1-16-10-21(31(5)30-16)15-32-8-6-20(7-9-32)29-23(35)34-17(2)13-33(14-18(34)3)22-27-11-19(12-28-22)24(4,25)26/h10-12,17-18,20H,6-9,13-15H2,1-5H3,(H,29,35)/t17-,18+. The molecule has 0 aromatic carbocycles. The molecule has 1 N–H and O–H groups in total. The number of rotatable bonds is 5. The monoisotopic (exact) mass is 490 g/mol. The lowest BCUT2D eigenvalue weighted by Gasteiger charge is -2.45. The van der Waals surface area contributed by atoms with Crippen molar-refractivity contribution in [1.29, 1.82) is 0 Å². The number of nitrogens with zero attached hydrogens (tertiary/aromatic N) is 7. The van der Waals surface area contributed by atoms with Gasteiger partial charge in [-0.1, -0.05) is 0 Å². The SMILES string of the molecule is Cc1cc(CN2CCC(NC(=O)N3[C@H](C)CN(c4ncc(C(C)(F)F)cn4)C[C@@H]3C)CC2)n(C)n1. The number of nitrogens with one attached hydrogen (secondary N) is 1. The van der Waals surface area contributed by atoms with Gasteiger partial charge in [0.2, 0.25) is 5.95 Å². The topological polar surface area (TPSA) is 82.4 Å². The van der Waals surface area contributed by atoms with E-state index >= 15 is 0 Å². The minimum absolute atomic E-state index is 0.0488. The molecule has 2 aliphatic heterocycles. The van der Waals surface area contributed by atoms with Crippen molar-refractivity contribution in [2.75, 3.05) is 31.1 Å². The quantitative estimate of drug-likeness (QED) is 0.694. The first-order valence-electron chi connectivity index (χ1n) is 12.3. The van der Waals surface area contributed by atoms with E-state index in [2.05, 4.69) is 31.3 Å². The van der Waals surface area contributed by atoms with Crippen LogP contribution < -0.4 is 10.2 Å². The molecule has 0 bridgehead atoms. The molecule has 192 valence electrons. The summed E-state index contributed by atoms with van der Waals surface area (Å²) in [6, 6.07) is 2.09. The Morgan fingerprint density at radius 2 is 1.74 bits per heavy atom. The molecule has 4 heterocycles. The van der Waals surface area contributed by atoms with Crippen LogP contribution in [0.1, 0.15) is 50.6 Å². The molecular weight excluding hydrogens is 454 g/mol. The predicted molar refractivity (Wildman–Crippen MR) is 129 cm³/mol. The first kappa shape index (κ1) is 25.3. The predicted octanol–water partition coefficient (Wildman–Crippen LogP) is 2.90. The molecule has 2 aliphatic rings. The fourth-order valence-electron chi connectivity index (χ4n) is 5.12. The minimum Gasteiger partial charge on any atom is -0.337 e. The number of hydrogen-bond donors (Lipinski definition) is 1. The Bertz CT molecular complexity index is 1000. The fraction of sp³-hybridized carbons (Fsp3) is 0.667. The van der Waals surface area contributed by atoms with Crippen molar-refractivity contribution in [3.05, 3.63) is 35.4 Å². The molecule has 11 heteroatoms. The Morgan fingerprint density at radius 1 is 1.14 bits per heavy atom. The van der Waals surface area contributed by atoms with Crippen LogP contribution in [0.3, 0.4) is 0 Å². The number of halogens is 2. The highest BCUT2D eigenvalue weighted by molar-refractivity contribution is 5.75. The van der Waals surface area contributed by atoms with Gasteiger partial charge in [-0.15, -0.1) is 0 Å². The maximum atomic E-state index is 13.5. The summed E-state index contributed by atoms with van der Waals surface area (Å²) in [4.78, 5) is 27.7. The molecule has 0 unspecified atom stereocenters. The average molecular weight is 491 g/mol. The number of likely N-dealkylation sites (tertiary alicyclic amines) is 1. The molecule has 2 saturated heterocycles. The maximum absolute atomic E-state index is 13.5. The first-order chi connectivity index (χ1) is 16.5. The Hall–Kier alpha value is -2.82. The van der Waals surface area contributed by atoms with Crippen LogP contribution in [0.5, 0.6) is 0 Å². The number of amides is 2. The largest absolute Gasteiger partial charge is 0.337 e. The van der Waals surface area contributed by atoms with Crippen molar-refractivity contribution < 1.29 is 13.6 Å². The summed E-state index contributed by atoms with van der Waals surface area (Å²) in [7, 11) is 1.97. The molecule has 0 spiro atoms. The van der Waals surface area contributed by atoms with Gasteiger partial charge in [0.25, 0.3) is 5.92 Å². The van der Waals surface area contributed by atoms with Gasteiger partial charge in [0.05, 0.1) is 17.0 Å². The van der Waals surface area contributed by atoms with Crippen molar-refractivity contribution in [3.63, 3.8) is 0 Å². The van der Waals surface area contributed by atoms with E-state index in [1.54, 1.807) is 0 Å². The summed E-state index contributed by atoms with van der Waals surface area (Å²) in [5.74, 6) is -2.56. The lowest BCUT2D eigenvalue weighted by atomic mass is 10.0. The normalized spacial score (nSPS) is 22.5. The fourth-order valence-corrected chi connectivity index (χ4v) is 5.12. The summed E-state index contributed by atoms with van der Waals surface area (Å²) in [5.41, 5.74) is 2.02. The molecule has 9 nitrogen and oxygen atoms in total. The smallest absolute Gasteiger partial charge is 0.318 e. The third-order valence-electron chi connectivity index (χ3n) is 6.98. The zero-order valence-corrected chi connectivity index (χ0v) is 21.2. The van der Waals surface area contributed by atoms with Gasteiger partial charge in [0.1, 0.15) is 0 Å². The van der Waals surface area contributed by atoms with Gasteiger partial charge >= 0.3 is 6.03 Å².